The summed E-state index contributed by atoms with van der Waals surface area (Å²) in [5.74, 6) is 0. The van der Waals surface area contributed by atoms with Crippen molar-refractivity contribution in [2.75, 3.05) is 39.3 Å². The Balaban J connectivity index is 0. The average Bonchev–Trinajstić information content (AvgIpc) is 3.15. The fraction of sp³-hybridized carbons (Fsp3) is 1.00. The van der Waals surface area contributed by atoms with Gasteiger partial charge in [0.1, 0.15) is 0 Å². The Morgan fingerprint density at radius 1 is 1.00 bits per heavy atom. The molecule has 3 N–H and O–H groups in total. The summed E-state index contributed by atoms with van der Waals surface area (Å²) in [5.41, 5.74) is 5.34. The molecule has 0 spiro atoms. The van der Waals surface area contributed by atoms with Gasteiger partial charge in [0, 0.05) is 26.2 Å². The molecule has 1 aliphatic rings. The number of nitrogens with two attached hydrogens (primary N) is 1. The minimum absolute atomic E-state index is 0.779. The lowest BCUT2D eigenvalue weighted by Crippen LogP contribution is -2.28. The van der Waals surface area contributed by atoms with Crippen molar-refractivity contribution in [3.05, 3.63) is 0 Å². The Morgan fingerprint density at radius 3 is 1.50 bits per heavy atom. The molecule has 0 amide bonds. The SMILES string of the molecule is C1CN1.CCCCC.CCN(CC)CCN. The van der Waals surface area contributed by atoms with E-state index in [1.165, 1.54) is 32.4 Å². The van der Waals surface area contributed by atoms with Gasteiger partial charge >= 0.3 is 0 Å². The van der Waals surface area contributed by atoms with Crippen LogP contribution in [0.3, 0.4) is 0 Å². The summed E-state index contributed by atoms with van der Waals surface area (Å²) in [7, 11) is 0. The molecule has 0 aromatic heterocycles. The molecule has 3 heteroatoms. The van der Waals surface area contributed by atoms with E-state index in [4.69, 9.17) is 5.73 Å². The summed E-state index contributed by atoms with van der Waals surface area (Å²) in [6.07, 6.45) is 4.08. The van der Waals surface area contributed by atoms with Crippen molar-refractivity contribution in [1.29, 1.82) is 0 Å². The van der Waals surface area contributed by atoms with Crippen LogP contribution in [0.2, 0.25) is 0 Å². The minimum atomic E-state index is 0.779. The van der Waals surface area contributed by atoms with Crippen LogP contribution < -0.4 is 11.1 Å². The van der Waals surface area contributed by atoms with Crippen molar-refractivity contribution in [3.63, 3.8) is 0 Å². The molecule has 100 valence electrons. The third-order valence-electron chi connectivity index (χ3n) is 2.30. The maximum atomic E-state index is 5.34. The zero-order valence-corrected chi connectivity index (χ0v) is 11.9. The van der Waals surface area contributed by atoms with E-state index < -0.39 is 0 Å². The maximum absolute atomic E-state index is 5.34. The van der Waals surface area contributed by atoms with Crippen LogP contribution in [0.15, 0.2) is 0 Å². The second kappa shape index (κ2) is 17.3. The second-order valence-electron chi connectivity index (χ2n) is 3.92. The van der Waals surface area contributed by atoms with Gasteiger partial charge < -0.3 is 16.0 Å². The van der Waals surface area contributed by atoms with E-state index in [0.717, 1.165) is 26.2 Å². The van der Waals surface area contributed by atoms with Crippen LogP contribution in [-0.2, 0) is 0 Å². The molecule has 1 rings (SSSR count). The van der Waals surface area contributed by atoms with Crippen molar-refractivity contribution in [3.8, 4) is 0 Å². The smallest absolute Gasteiger partial charge is 0.0104 e. The summed E-state index contributed by atoms with van der Waals surface area (Å²) in [6.45, 7) is 15.3. The number of nitrogens with zero attached hydrogens (tertiary/aromatic N) is 1. The highest BCUT2D eigenvalue weighted by Crippen LogP contribution is 1.88. The third kappa shape index (κ3) is 23.6. The molecule has 1 heterocycles. The Kier molecular flexibility index (Phi) is 19.7. The topological polar surface area (TPSA) is 51.2 Å². The van der Waals surface area contributed by atoms with Crippen LogP contribution >= 0.6 is 0 Å². The molecule has 0 atom stereocenters. The zero-order chi connectivity index (χ0) is 12.6. The van der Waals surface area contributed by atoms with Gasteiger partial charge in [-0.2, -0.15) is 0 Å². The van der Waals surface area contributed by atoms with Crippen molar-refractivity contribution in [2.24, 2.45) is 5.73 Å². The van der Waals surface area contributed by atoms with Gasteiger partial charge in [-0.25, -0.2) is 0 Å². The zero-order valence-electron chi connectivity index (χ0n) is 11.9. The van der Waals surface area contributed by atoms with E-state index in [0.29, 0.717) is 0 Å². The van der Waals surface area contributed by atoms with Crippen molar-refractivity contribution < 1.29 is 0 Å². The molecule has 0 bridgehead atoms. The number of hydrogen-bond acceptors (Lipinski definition) is 3. The highest BCUT2D eigenvalue weighted by atomic mass is 15.1. The molecule has 0 radical (unpaired) electrons. The highest BCUT2D eigenvalue weighted by Gasteiger charge is 1.93. The molecule has 1 fully saturated rings. The predicted molar refractivity (Wildman–Crippen MR) is 74.9 cm³/mol. The van der Waals surface area contributed by atoms with Gasteiger partial charge in [-0.15, -0.1) is 0 Å². The van der Waals surface area contributed by atoms with E-state index in [1.807, 2.05) is 0 Å². The molecule has 3 nitrogen and oxygen atoms in total. The van der Waals surface area contributed by atoms with E-state index in [1.54, 1.807) is 0 Å². The first-order valence-corrected chi connectivity index (χ1v) is 6.89. The first kappa shape index (κ1) is 18.3. The highest BCUT2D eigenvalue weighted by molar-refractivity contribution is 4.58. The molecule has 0 aromatic rings. The summed E-state index contributed by atoms with van der Waals surface area (Å²) in [4.78, 5) is 2.31. The van der Waals surface area contributed by atoms with Gasteiger partial charge in [-0.3, -0.25) is 0 Å². The van der Waals surface area contributed by atoms with E-state index in [9.17, 15) is 0 Å². The number of rotatable bonds is 6. The molecule has 0 saturated carbocycles. The Morgan fingerprint density at radius 2 is 1.44 bits per heavy atom. The van der Waals surface area contributed by atoms with Gasteiger partial charge in [0.05, 0.1) is 0 Å². The number of nitrogens with one attached hydrogen (secondary N) is 1. The summed E-state index contributed by atoms with van der Waals surface area (Å²) >= 11 is 0. The second-order valence-corrected chi connectivity index (χ2v) is 3.92. The molecule has 0 aliphatic carbocycles. The minimum Gasteiger partial charge on any atom is -0.329 e. The van der Waals surface area contributed by atoms with Crippen molar-refractivity contribution in [2.45, 2.75) is 47.0 Å². The van der Waals surface area contributed by atoms with E-state index in [2.05, 4.69) is 37.9 Å². The first-order valence-electron chi connectivity index (χ1n) is 6.89. The fourth-order valence-electron chi connectivity index (χ4n) is 1.08. The number of likely N-dealkylation sites (N-methyl/N-ethyl adjacent to an activating group) is 1. The molecule has 16 heavy (non-hydrogen) atoms. The molecule has 1 aliphatic heterocycles. The van der Waals surface area contributed by atoms with Crippen LogP contribution in [-0.4, -0.2) is 44.2 Å². The Bertz CT molecular complexity index is 96.6. The normalized spacial score (nSPS) is 12.4. The van der Waals surface area contributed by atoms with Gasteiger partial charge in [0.15, 0.2) is 0 Å². The molecular weight excluding hydrogens is 198 g/mol. The number of hydrogen-bond donors (Lipinski definition) is 2. The lowest BCUT2D eigenvalue weighted by atomic mass is 10.3. The lowest BCUT2D eigenvalue weighted by molar-refractivity contribution is 0.312. The average molecular weight is 231 g/mol. The van der Waals surface area contributed by atoms with Crippen LogP contribution in [0.1, 0.15) is 47.0 Å². The van der Waals surface area contributed by atoms with Crippen molar-refractivity contribution in [1.82, 2.24) is 10.2 Å². The maximum Gasteiger partial charge on any atom is 0.0104 e. The third-order valence-corrected chi connectivity index (χ3v) is 2.30. The quantitative estimate of drug-likeness (QED) is 0.688. The van der Waals surface area contributed by atoms with E-state index >= 15 is 0 Å². The van der Waals surface area contributed by atoms with Crippen LogP contribution in [0.5, 0.6) is 0 Å². The van der Waals surface area contributed by atoms with Crippen LogP contribution in [0.4, 0.5) is 0 Å². The standard InChI is InChI=1S/C6H16N2.C5H12.C2H5N/c1-3-8(4-2)6-5-7;1-3-5-4-2;1-2-3-1/h3-7H2,1-2H3;3-5H2,1-2H3;3H,1-2H2. The van der Waals surface area contributed by atoms with Gasteiger partial charge in [-0.1, -0.05) is 47.0 Å². The van der Waals surface area contributed by atoms with Crippen molar-refractivity contribution >= 4 is 0 Å². The largest absolute Gasteiger partial charge is 0.329 e. The Hall–Kier alpha value is -0.120. The molecule has 0 aromatic carbocycles. The Labute approximate surface area is 103 Å². The molecule has 1 saturated heterocycles. The predicted octanol–water partition coefficient (Wildman–Crippen LogP) is 2.07. The van der Waals surface area contributed by atoms with Crippen LogP contribution in [0.25, 0.3) is 0 Å². The van der Waals surface area contributed by atoms with Gasteiger partial charge in [0.2, 0.25) is 0 Å². The first-order chi connectivity index (χ1) is 7.76. The summed E-state index contributed by atoms with van der Waals surface area (Å²) in [5, 5.41) is 3.00. The van der Waals surface area contributed by atoms with Gasteiger partial charge in [-0.05, 0) is 13.1 Å². The fourth-order valence-corrected chi connectivity index (χ4v) is 1.08. The monoisotopic (exact) mass is 231 g/mol. The lowest BCUT2D eigenvalue weighted by Gasteiger charge is -2.15. The van der Waals surface area contributed by atoms with E-state index in [-0.39, 0.29) is 0 Å². The molecule has 0 unspecified atom stereocenters. The number of unbranched alkanes of at least 4 members (excludes halogenated alkanes) is 2. The summed E-state index contributed by atoms with van der Waals surface area (Å²) < 4.78 is 0. The summed E-state index contributed by atoms with van der Waals surface area (Å²) in [6, 6.07) is 0. The molecular formula is C13H33N3. The van der Waals surface area contributed by atoms with Crippen LogP contribution in [0, 0.1) is 0 Å². The van der Waals surface area contributed by atoms with Gasteiger partial charge in [0.25, 0.3) is 0 Å².